The monoisotopic (exact) mass is 595 g/mol. The molecule has 2 aromatic carbocycles. The van der Waals surface area contributed by atoms with Gasteiger partial charge in [-0.25, -0.2) is 9.79 Å². The predicted molar refractivity (Wildman–Crippen MR) is 147 cm³/mol. The highest BCUT2D eigenvalue weighted by Crippen LogP contribution is 2.33. The molecule has 1 aliphatic rings. The number of carbonyl (C=O) groups excluding carboxylic acids is 1. The van der Waals surface area contributed by atoms with Crippen molar-refractivity contribution in [2.75, 3.05) is 13.2 Å². The van der Waals surface area contributed by atoms with E-state index in [2.05, 4.69) is 26.8 Å². The van der Waals surface area contributed by atoms with E-state index in [-0.39, 0.29) is 24.5 Å². The van der Waals surface area contributed by atoms with E-state index in [4.69, 9.17) is 15.9 Å². The zero-order valence-corrected chi connectivity index (χ0v) is 23.1. The van der Waals surface area contributed by atoms with Gasteiger partial charge < -0.3 is 9.47 Å². The molecule has 4 rings (SSSR count). The maximum Gasteiger partial charge on any atom is 0.338 e. The van der Waals surface area contributed by atoms with Crippen LogP contribution in [0.2, 0.25) is 0 Å². The van der Waals surface area contributed by atoms with E-state index in [0.29, 0.717) is 37.5 Å². The van der Waals surface area contributed by atoms with Gasteiger partial charge in [-0.15, -0.1) is 6.42 Å². The lowest BCUT2D eigenvalue weighted by atomic mass is 9.94. The second kappa shape index (κ2) is 11.2. The fourth-order valence-electron chi connectivity index (χ4n) is 4.12. The number of allylic oxidation sites excluding steroid dienone is 1. The molecule has 0 aliphatic carbocycles. The summed E-state index contributed by atoms with van der Waals surface area (Å²) in [6.45, 7) is 5.12. The van der Waals surface area contributed by atoms with Crippen LogP contribution in [-0.2, 0) is 9.53 Å². The quantitative estimate of drug-likeness (QED) is 0.178. The van der Waals surface area contributed by atoms with Gasteiger partial charge in [0.05, 0.1) is 33.4 Å². The highest BCUT2D eigenvalue weighted by atomic mass is 79.9. The number of nitro groups is 1. The minimum Gasteiger partial charge on any atom is -0.480 e. The lowest BCUT2D eigenvalue weighted by Crippen LogP contribution is -2.40. The van der Waals surface area contributed by atoms with Crippen LogP contribution in [0.5, 0.6) is 5.75 Å². The number of rotatable bonds is 7. The summed E-state index contributed by atoms with van der Waals surface area (Å²) in [6, 6.07) is 9.01. The first-order chi connectivity index (χ1) is 18.2. The highest BCUT2D eigenvalue weighted by Gasteiger charge is 2.34. The number of ether oxygens (including phenoxy) is 2. The van der Waals surface area contributed by atoms with Gasteiger partial charge in [-0.1, -0.05) is 45.3 Å². The van der Waals surface area contributed by atoms with Gasteiger partial charge in [0.1, 0.15) is 12.4 Å². The molecular weight excluding hydrogens is 574 g/mol. The second-order valence-electron chi connectivity index (χ2n) is 8.28. The van der Waals surface area contributed by atoms with E-state index < -0.39 is 22.5 Å². The topological polar surface area (TPSA) is 113 Å². The number of carbonyl (C=O) groups is 1. The van der Waals surface area contributed by atoms with Crippen LogP contribution in [0.25, 0.3) is 6.08 Å². The summed E-state index contributed by atoms with van der Waals surface area (Å²) in [5.41, 5.74) is 1.44. The Kier molecular flexibility index (Phi) is 7.94. The average Bonchev–Trinajstić information content (AvgIpc) is 3.17. The van der Waals surface area contributed by atoms with Crippen LogP contribution in [0.15, 0.2) is 61.9 Å². The Balaban J connectivity index is 1.98. The van der Waals surface area contributed by atoms with Crippen LogP contribution >= 0.6 is 27.3 Å². The number of fused-ring (bicyclic) bond motifs is 1. The molecule has 1 aliphatic heterocycles. The fourth-order valence-corrected chi connectivity index (χ4v) is 5.54. The number of aryl methyl sites for hydroxylation is 1. The normalized spacial score (nSPS) is 14.9. The first-order valence-electron chi connectivity index (χ1n) is 11.5. The van der Waals surface area contributed by atoms with Gasteiger partial charge in [0.25, 0.3) is 11.2 Å². The third-order valence-corrected chi connectivity index (χ3v) is 7.31. The number of terminal acetylenes is 1. The number of nitro benzene ring substituents is 1. The number of thiazole rings is 1. The summed E-state index contributed by atoms with van der Waals surface area (Å²) in [6.07, 6.45) is 7.00. The summed E-state index contributed by atoms with van der Waals surface area (Å²) < 4.78 is 13.4. The molecule has 38 heavy (non-hydrogen) atoms. The second-order valence-corrected chi connectivity index (χ2v) is 10.2. The van der Waals surface area contributed by atoms with E-state index in [0.717, 1.165) is 15.8 Å². The van der Waals surface area contributed by atoms with Gasteiger partial charge in [-0.3, -0.25) is 19.5 Å². The van der Waals surface area contributed by atoms with E-state index in [9.17, 15) is 19.7 Å². The van der Waals surface area contributed by atoms with E-state index in [1.54, 1.807) is 57.2 Å². The van der Waals surface area contributed by atoms with Crippen molar-refractivity contribution in [2.45, 2.75) is 26.8 Å². The predicted octanol–water partition coefficient (Wildman–Crippen LogP) is 3.79. The van der Waals surface area contributed by atoms with E-state index >= 15 is 0 Å². The largest absolute Gasteiger partial charge is 0.480 e. The summed E-state index contributed by atoms with van der Waals surface area (Å²) in [5.74, 6) is 2.27. The van der Waals surface area contributed by atoms with Crippen molar-refractivity contribution >= 4 is 45.0 Å². The molecule has 194 valence electrons. The molecule has 0 spiro atoms. The Labute approximate surface area is 230 Å². The minimum atomic E-state index is -0.966. The number of aromatic nitrogens is 1. The molecule has 1 aromatic heterocycles. The molecule has 0 saturated carbocycles. The lowest BCUT2D eigenvalue weighted by molar-refractivity contribution is -0.385. The third-order valence-electron chi connectivity index (χ3n) is 5.83. The maximum absolute atomic E-state index is 13.8. The molecule has 0 amide bonds. The van der Waals surface area contributed by atoms with Gasteiger partial charge >= 0.3 is 5.97 Å². The smallest absolute Gasteiger partial charge is 0.338 e. The standard InChI is InChI=1S/C27H22BrN3O6S/c1-5-11-37-21-10-9-19(28)12-18(21)14-22-25(32)30-24(17-8-7-15(3)20(13-17)31(34)35)23(26(33)36-6-2)16(4)29-27(30)38-22/h1,7-10,12-14,24H,6,11H2,2-4H3/b22-14+/t24-/m1/s1. The molecule has 0 unspecified atom stereocenters. The summed E-state index contributed by atoms with van der Waals surface area (Å²) in [4.78, 5) is 42.9. The molecule has 0 saturated heterocycles. The molecule has 2 heterocycles. The first-order valence-corrected chi connectivity index (χ1v) is 13.1. The minimum absolute atomic E-state index is 0.0536. The van der Waals surface area contributed by atoms with E-state index in [1.807, 2.05) is 0 Å². The van der Waals surface area contributed by atoms with Crippen molar-refractivity contribution in [1.29, 1.82) is 0 Å². The van der Waals surface area contributed by atoms with Gasteiger partial charge in [0, 0.05) is 21.7 Å². The molecule has 0 N–H and O–H groups in total. The van der Waals surface area contributed by atoms with Gasteiger partial charge in [0.15, 0.2) is 4.80 Å². The number of halogens is 1. The number of nitrogens with zero attached hydrogens (tertiary/aromatic N) is 3. The molecule has 0 bridgehead atoms. The summed E-state index contributed by atoms with van der Waals surface area (Å²) in [5, 5.41) is 11.7. The molecule has 0 radical (unpaired) electrons. The van der Waals surface area contributed by atoms with Crippen LogP contribution in [0.4, 0.5) is 5.69 Å². The van der Waals surface area contributed by atoms with Crippen LogP contribution in [-0.4, -0.2) is 28.7 Å². The zero-order valence-electron chi connectivity index (χ0n) is 20.7. The van der Waals surface area contributed by atoms with Gasteiger partial charge in [-0.2, -0.15) is 0 Å². The molecule has 9 nitrogen and oxygen atoms in total. The molecule has 1 atom stereocenters. The molecule has 3 aromatic rings. The van der Waals surface area contributed by atoms with Crippen molar-refractivity contribution < 1.29 is 19.2 Å². The fraction of sp³-hybridized carbons (Fsp3) is 0.222. The van der Waals surface area contributed by atoms with Crippen molar-refractivity contribution in [3.05, 3.63) is 98.6 Å². The number of benzene rings is 2. The molecule has 0 fully saturated rings. The van der Waals surface area contributed by atoms with Gasteiger partial charge in [-0.05, 0) is 50.6 Å². The Bertz CT molecular complexity index is 1710. The first kappa shape index (κ1) is 27.0. The number of hydrogen-bond donors (Lipinski definition) is 0. The Morgan fingerprint density at radius 3 is 2.76 bits per heavy atom. The van der Waals surface area contributed by atoms with Crippen LogP contribution in [0.1, 0.15) is 36.6 Å². The van der Waals surface area contributed by atoms with Crippen LogP contribution < -0.4 is 19.6 Å². The van der Waals surface area contributed by atoms with Crippen molar-refractivity contribution in [3.63, 3.8) is 0 Å². The Hall–Kier alpha value is -4.01. The third kappa shape index (κ3) is 5.18. The average molecular weight is 596 g/mol. The Morgan fingerprint density at radius 1 is 1.32 bits per heavy atom. The van der Waals surface area contributed by atoms with Crippen LogP contribution in [0, 0.1) is 29.4 Å². The zero-order chi connectivity index (χ0) is 27.6. The van der Waals surface area contributed by atoms with Crippen molar-refractivity contribution in [1.82, 2.24) is 4.57 Å². The number of esters is 1. The van der Waals surface area contributed by atoms with Crippen molar-refractivity contribution in [2.24, 2.45) is 4.99 Å². The van der Waals surface area contributed by atoms with Crippen LogP contribution in [0.3, 0.4) is 0 Å². The van der Waals surface area contributed by atoms with Crippen molar-refractivity contribution in [3.8, 4) is 18.1 Å². The van der Waals surface area contributed by atoms with E-state index in [1.165, 1.54) is 10.6 Å². The highest BCUT2D eigenvalue weighted by molar-refractivity contribution is 9.10. The Morgan fingerprint density at radius 2 is 2.08 bits per heavy atom. The summed E-state index contributed by atoms with van der Waals surface area (Å²) >= 11 is 4.57. The lowest BCUT2D eigenvalue weighted by Gasteiger charge is -2.24. The SMILES string of the molecule is C#CCOc1ccc(Br)cc1/C=c1/sc2n(c1=O)[C@H](c1ccc(C)c([N+](=O)[O-])c1)C(C(=O)OCC)=C(C)N=2. The maximum atomic E-state index is 13.8. The number of hydrogen-bond acceptors (Lipinski definition) is 8. The summed E-state index contributed by atoms with van der Waals surface area (Å²) in [7, 11) is 0. The molecular formula is C27H22BrN3O6S. The molecule has 11 heteroatoms. The van der Waals surface area contributed by atoms with Gasteiger partial charge in [0.2, 0.25) is 0 Å².